The van der Waals surface area contributed by atoms with Gasteiger partial charge in [-0.15, -0.1) is 0 Å². The molecule has 1 aromatic carbocycles. The summed E-state index contributed by atoms with van der Waals surface area (Å²) in [7, 11) is 0. The number of ether oxygens (including phenoxy) is 3. The Kier molecular flexibility index (Phi) is 7.36. The van der Waals surface area contributed by atoms with Crippen LogP contribution < -0.4 is 9.47 Å². The van der Waals surface area contributed by atoms with Crippen LogP contribution in [0, 0.1) is 0 Å². The van der Waals surface area contributed by atoms with Crippen LogP contribution in [0.2, 0.25) is 0 Å². The molecule has 0 aliphatic carbocycles. The zero-order valence-electron chi connectivity index (χ0n) is 12.3. The highest BCUT2D eigenvalue weighted by Gasteiger charge is 2.10. The van der Waals surface area contributed by atoms with E-state index in [9.17, 15) is 5.11 Å². The van der Waals surface area contributed by atoms with Crippen molar-refractivity contribution >= 4 is 0 Å². The highest BCUT2D eigenvalue weighted by atomic mass is 16.5. The number of benzene rings is 1. The molecule has 0 aromatic heterocycles. The minimum atomic E-state index is -0.690. The zero-order valence-corrected chi connectivity index (χ0v) is 12.3. The van der Waals surface area contributed by atoms with Crippen molar-refractivity contribution in [1.82, 2.24) is 0 Å². The molecule has 0 aliphatic heterocycles. The molecule has 0 fully saturated rings. The Hall–Kier alpha value is -1.30. The summed E-state index contributed by atoms with van der Waals surface area (Å²) in [6.45, 7) is 6.51. The third-order valence-electron chi connectivity index (χ3n) is 2.54. The third-order valence-corrected chi connectivity index (χ3v) is 2.54. The van der Waals surface area contributed by atoms with Crippen LogP contribution >= 0.6 is 0 Å². The molecule has 0 aliphatic rings. The molecule has 0 saturated heterocycles. The molecule has 0 spiro atoms. The Morgan fingerprint density at radius 2 is 1.85 bits per heavy atom. The SMILES string of the molecule is CCOc1cc(CO)ccc1OCC(O)COC(C)C. The Labute approximate surface area is 120 Å². The van der Waals surface area contributed by atoms with Crippen molar-refractivity contribution in [3.05, 3.63) is 23.8 Å². The zero-order chi connectivity index (χ0) is 15.0. The predicted octanol–water partition coefficient (Wildman–Crippen LogP) is 1.74. The predicted molar refractivity (Wildman–Crippen MR) is 76.1 cm³/mol. The van der Waals surface area contributed by atoms with Gasteiger partial charge in [-0.3, -0.25) is 0 Å². The Morgan fingerprint density at radius 3 is 2.45 bits per heavy atom. The van der Waals surface area contributed by atoms with Gasteiger partial charge in [-0.2, -0.15) is 0 Å². The minimum Gasteiger partial charge on any atom is -0.490 e. The molecule has 0 amide bonds. The van der Waals surface area contributed by atoms with Gasteiger partial charge in [-0.05, 0) is 38.5 Å². The molecular weight excluding hydrogens is 260 g/mol. The van der Waals surface area contributed by atoms with Gasteiger partial charge < -0.3 is 24.4 Å². The molecule has 1 unspecified atom stereocenters. The van der Waals surface area contributed by atoms with Crippen molar-refractivity contribution in [3.8, 4) is 11.5 Å². The van der Waals surface area contributed by atoms with E-state index in [0.717, 1.165) is 5.56 Å². The van der Waals surface area contributed by atoms with Crippen LogP contribution in [0.25, 0.3) is 0 Å². The Morgan fingerprint density at radius 1 is 1.10 bits per heavy atom. The van der Waals surface area contributed by atoms with Gasteiger partial charge in [0.2, 0.25) is 0 Å². The van der Waals surface area contributed by atoms with Gasteiger partial charge >= 0.3 is 0 Å². The number of hydrogen-bond acceptors (Lipinski definition) is 5. The summed E-state index contributed by atoms with van der Waals surface area (Å²) < 4.78 is 16.3. The lowest BCUT2D eigenvalue weighted by Gasteiger charge is -2.16. The van der Waals surface area contributed by atoms with Gasteiger partial charge in [-0.1, -0.05) is 6.07 Å². The summed E-state index contributed by atoms with van der Waals surface area (Å²) in [6, 6.07) is 5.22. The van der Waals surface area contributed by atoms with Crippen LogP contribution in [0.3, 0.4) is 0 Å². The largest absolute Gasteiger partial charge is 0.490 e. The van der Waals surface area contributed by atoms with E-state index in [2.05, 4.69) is 0 Å². The summed E-state index contributed by atoms with van der Waals surface area (Å²) >= 11 is 0. The van der Waals surface area contributed by atoms with E-state index in [4.69, 9.17) is 19.3 Å². The fourth-order valence-corrected chi connectivity index (χ4v) is 1.58. The second kappa shape index (κ2) is 8.79. The average Bonchev–Trinajstić information content (AvgIpc) is 2.43. The van der Waals surface area contributed by atoms with E-state index < -0.39 is 6.10 Å². The monoisotopic (exact) mass is 284 g/mol. The molecular formula is C15H24O5. The molecule has 1 aromatic rings. The van der Waals surface area contributed by atoms with Crippen molar-refractivity contribution in [2.75, 3.05) is 19.8 Å². The maximum Gasteiger partial charge on any atom is 0.161 e. The lowest BCUT2D eigenvalue weighted by atomic mass is 10.2. The van der Waals surface area contributed by atoms with Crippen molar-refractivity contribution < 1.29 is 24.4 Å². The lowest BCUT2D eigenvalue weighted by molar-refractivity contribution is -0.0126. The van der Waals surface area contributed by atoms with Gasteiger partial charge in [-0.25, -0.2) is 0 Å². The van der Waals surface area contributed by atoms with Crippen molar-refractivity contribution in [2.45, 2.75) is 39.6 Å². The van der Waals surface area contributed by atoms with Gasteiger partial charge in [0.25, 0.3) is 0 Å². The van der Waals surface area contributed by atoms with E-state index in [-0.39, 0.29) is 25.9 Å². The smallest absolute Gasteiger partial charge is 0.161 e. The summed E-state index contributed by atoms with van der Waals surface area (Å²) in [4.78, 5) is 0. The molecule has 0 radical (unpaired) electrons. The number of aliphatic hydroxyl groups is 2. The molecule has 114 valence electrons. The van der Waals surface area contributed by atoms with Crippen LogP contribution in [0.15, 0.2) is 18.2 Å². The van der Waals surface area contributed by atoms with Crippen LogP contribution in [-0.2, 0) is 11.3 Å². The van der Waals surface area contributed by atoms with Crippen molar-refractivity contribution in [3.63, 3.8) is 0 Å². The van der Waals surface area contributed by atoms with E-state index in [1.807, 2.05) is 20.8 Å². The normalized spacial score (nSPS) is 12.5. The van der Waals surface area contributed by atoms with Gasteiger partial charge in [0.05, 0.1) is 25.9 Å². The van der Waals surface area contributed by atoms with E-state index in [1.54, 1.807) is 18.2 Å². The van der Waals surface area contributed by atoms with Gasteiger partial charge in [0.15, 0.2) is 11.5 Å². The summed E-state index contributed by atoms with van der Waals surface area (Å²) in [5.74, 6) is 1.11. The standard InChI is InChI=1S/C15H24O5/c1-4-18-15-7-12(8-16)5-6-14(15)20-10-13(17)9-19-11(2)3/h5-7,11,13,16-17H,4,8-10H2,1-3H3. The quantitative estimate of drug-likeness (QED) is 0.723. The first kappa shape index (κ1) is 16.8. The fraction of sp³-hybridized carbons (Fsp3) is 0.600. The summed E-state index contributed by atoms with van der Waals surface area (Å²) in [5.41, 5.74) is 0.754. The topological polar surface area (TPSA) is 68.2 Å². The molecule has 5 nitrogen and oxygen atoms in total. The minimum absolute atomic E-state index is 0.0504. The van der Waals surface area contributed by atoms with E-state index in [0.29, 0.717) is 18.1 Å². The number of aliphatic hydroxyl groups excluding tert-OH is 2. The second-order valence-electron chi connectivity index (χ2n) is 4.72. The summed E-state index contributed by atoms with van der Waals surface area (Å²) in [5, 5.41) is 18.9. The van der Waals surface area contributed by atoms with Gasteiger partial charge in [0, 0.05) is 0 Å². The Bertz CT molecular complexity index is 392. The molecule has 20 heavy (non-hydrogen) atoms. The van der Waals surface area contributed by atoms with Crippen molar-refractivity contribution in [1.29, 1.82) is 0 Å². The van der Waals surface area contributed by atoms with Crippen LogP contribution in [0.5, 0.6) is 11.5 Å². The molecule has 1 rings (SSSR count). The maximum atomic E-state index is 9.75. The van der Waals surface area contributed by atoms with Gasteiger partial charge in [0.1, 0.15) is 12.7 Å². The first-order chi connectivity index (χ1) is 9.56. The van der Waals surface area contributed by atoms with Crippen LogP contribution in [0.1, 0.15) is 26.3 Å². The van der Waals surface area contributed by atoms with E-state index >= 15 is 0 Å². The molecule has 2 N–H and O–H groups in total. The highest BCUT2D eigenvalue weighted by molar-refractivity contribution is 5.42. The molecule has 1 atom stereocenters. The number of hydrogen-bond donors (Lipinski definition) is 2. The van der Waals surface area contributed by atoms with Crippen LogP contribution in [0.4, 0.5) is 0 Å². The van der Waals surface area contributed by atoms with Crippen LogP contribution in [-0.4, -0.2) is 42.2 Å². The lowest BCUT2D eigenvalue weighted by Crippen LogP contribution is -2.25. The van der Waals surface area contributed by atoms with Crippen molar-refractivity contribution in [2.24, 2.45) is 0 Å². The first-order valence-corrected chi connectivity index (χ1v) is 6.85. The molecule has 0 saturated carbocycles. The third kappa shape index (κ3) is 5.77. The number of rotatable bonds is 9. The molecule has 0 bridgehead atoms. The Balaban J connectivity index is 2.57. The summed E-state index contributed by atoms with van der Waals surface area (Å²) in [6.07, 6.45) is -0.614. The average molecular weight is 284 g/mol. The maximum absolute atomic E-state index is 9.75. The highest BCUT2D eigenvalue weighted by Crippen LogP contribution is 2.28. The fourth-order valence-electron chi connectivity index (χ4n) is 1.58. The second-order valence-corrected chi connectivity index (χ2v) is 4.72. The molecule has 5 heteroatoms. The van der Waals surface area contributed by atoms with E-state index in [1.165, 1.54) is 0 Å². The first-order valence-electron chi connectivity index (χ1n) is 6.85. The molecule has 0 heterocycles.